The van der Waals surface area contributed by atoms with E-state index in [0.717, 1.165) is 25.4 Å². The van der Waals surface area contributed by atoms with Crippen LogP contribution in [0.3, 0.4) is 0 Å². The number of fused-ring (bicyclic) bond motifs is 3. The Labute approximate surface area is 108 Å². The Morgan fingerprint density at radius 1 is 1.42 bits per heavy atom. The lowest BCUT2D eigenvalue weighted by atomic mass is 9.93. The lowest BCUT2D eigenvalue weighted by Crippen LogP contribution is -2.54. The van der Waals surface area contributed by atoms with Gasteiger partial charge in [-0.3, -0.25) is 0 Å². The number of hydrogen-bond acceptors (Lipinski definition) is 4. The number of halogens is 3. The van der Waals surface area contributed by atoms with E-state index in [1.807, 2.05) is 4.90 Å². The maximum atomic E-state index is 12.7. The highest BCUT2D eigenvalue weighted by Crippen LogP contribution is 2.39. The van der Waals surface area contributed by atoms with Crippen molar-refractivity contribution in [2.45, 2.75) is 24.7 Å². The smallest absolute Gasteiger partial charge is 0.388 e. The standard InChI is InChI=1S/C12H14F3N3O/c13-12(14,15)7-3-9-10(19)4-8-6-16-1-2-18(8)11(9)17-5-7/h3,5,8,10,16,19H,1-2,4,6H2/t8-,10-/m1/s1. The third kappa shape index (κ3) is 2.17. The van der Waals surface area contributed by atoms with Crippen LogP contribution in [-0.2, 0) is 6.18 Å². The van der Waals surface area contributed by atoms with Gasteiger partial charge >= 0.3 is 6.18 Å². The molecule has 3 heterocycles. The number of pyridine rings is 1. The molecule has 2 aliphatic rings. The molecule has 3 rings (SSSR count). The fraction of sp³-hybridized carbons (Fsp3) is 0.583. The van der Waals surface area contributed by atoms with E-state index in [4.69, 9.17) is 0 Å². The van der Waals surface area contributed by atoms with Gasteiger partial charge in [0, 0.05) is 37.4 Å². The summed E-state index contributed by atoms with van der Waals surface area (Å²) in [6.45, 7) is 2.19. The van der Waals surface area contributed by atoms with E-state index in [2.05, 4.69) is 10.3 Å². The Hall–Kier alpha value is -1.34. The Kier molecular flexibility index (Phi) is 2.90. The van der Waals surface area contributed by atoms with Gasteiger partial charge in [-0.05, 0) is 12.5 Å². The molecule has 2 atom stereocenters. The molecule has 2 aliphatic heterocycles. The Morgan fingerprint density at radius 2 is 2.21 bits per heavy atom. The van der Waals surface area contributed by atoms with Crippen molar-refractivity contribution in [1.82, 2.24) is 10.3 Å². The van der Waals surface area contributed by atoms with Crippen LogP contribution in [0.1, 0.15) is 23.7 Å². The number of piperazine rings is 1. The summed E-state index contributed by atoms with van der Waals surface area (Å²) < 4.78 is 38.0. The van der Waals surface area contributed by atoms with Gasteiger partial charge in [0.1, 0.15) is 5.82 Å². The predicted octanol–water partition coefficient (Wildman–Crippen LogP) is 1.32. The maximum Gasteiger partial charge on any atom is 0.417 e. The van der Waals surface area contributed by atoms with Gasteiger partial charge in [-0.1, -0.05) is 0 Å². The molecule has 0 amide bonds. The molecule has 19 heavy (non-hydrogen) atoms. The van der Waals surface area contributed by atoms with Crippen molar-refractivity contribution in [2.24, 2.45) is 0 Å². The van der Waals surface area contributed by atoms with E-state index in [9.17, 15) is 18.3 Å². The summed E-state index contributed by atoms with van der Waals surface area (Å²) in [5, 5.41) is 13.2. The number of aliphatic hydroxyl groups is 1. The van der Waals surface area contributed by atoms with Gasteiger partial charge in [-0.2, -0.15) is 13.2 Å². The second-order valence-electron chi connectivity index (χ2n) is 4.94. The summed E-state index contributed by atoms with van der Waals surface area (Å²) in [7, 11) is 0. The topological polar surface area (TPSA) is 48.4 Å². The SMILES string of the molecule is O[C@@H]1C[C@@H]2CNCCN2c2ncc(C(F)(F)F)cc21. The van der Waals surface area contributed by atoms with E-state index in [0.29, 0.717) is 18.8 Å². The van der Waals surface area contributed by atoms with Crippen LogP contribution >= 0.6 is 0 Å². The first kappa shape index (κ1) is 12.7. The fourth-order valence-electron chi connectivity index (χ4n) is 2.75. The molecule has 4 nitrogen and oxygen atoms in total. The molecule has 0 unspecified atom stereocenters. The van der Waals surface area contributed by atoms with Crippen molar-refractivity contribution < 1.29 is 18.3 Å². The number of nitrogens with zero attached hydrogens (tertiary/aromatic N) is 2. The maximum absolute atomic E-state index is 12.7. The summed E-state index contributed by atoms with van der Waals surface area (Å²) >= 11 is 0. The fourth-order valence-corrected chi connectivity index (χ4v) is 2.75. The van der Waals surface area contributed by atoms with Crippen LogP contribution in [0.5, 0.6) is 0 Å². The molecule has 0 spiro atoms. The summed E-state index contributed by atoms with van der Waals surface area (Å²) in [6.07, 6.45) is -4.04. The molecule has 0 saturated carbocycles. The normalized spacial score (nSPS) is 26.8. The quantitative estimate of drug-likeness (QED) is 0.748. The number of nitrogens with one attached hydrogen (secondary N) is 1. The minimum Gasteiger partial charge on any atom is -0.388 e. The zero-order valence-electron chi connectivity index (χ0n) is 10.1. The molecule has 0 aliphatic carbocycles. The Bertz CT molecular complexity index is 492. The molecule has 1 aromatic heterocycles. The van der Waals surface area contributed by atoms with Crippen LogP contribution in [0.15, 0.2) is 12.3 Å². The van der Waals surface area contributed by atoms with Crippen molar-refractivity contribution in [2.75, 3.05) is 24.5 Å². The van der Waals surface area contributed by atoms with E-state index in [1.165, 1.54) is 0 Å². The van der Waals surface area contributed by atoms with E-state index in [-0.39, 0.29) is 11.6 Å². The lowest BCUT2D eigenvalue weighted by Gasteiger charge is -2.43. The highest BCUT2D eigenvalue weighted by molar-refractivity contribution is 5.53. The highest BCUT2D eigenvalue weighted by Gasteiger charge is 2.37. The minimum absolute atomic E-state index is 0.0977. The van der Waals surface area contributed by atoms with Gasteiger partial charge in [-0.15, -0.1) is 0 Å². The Morgan fingerprint density at radius 3 is 2.95 bits per heavy atom. The van der Waals surface area contributed by atoms with E-state index in [1.54, 1.807) is 0 Å². The molecule has 0 aromatic carbocycles. The lowest BCUT2D eigenvalue weighted by molar-refractivity contribution is -0.137. The number of anilines is 1. The van der Waals surface area contributed by atoms with E-state index >= 15 is 0 Å². The second-order valence-corrected chi connectivity index (χ2v) is 4.94. The van der Waals surface area contributed by atoms with Crippen LogP contribution in [0, 0.1) is 0 Å². The average molecular weight is 273 g/mol. The van der Waals surface area contributed by atoms with Crippen molar-refractivity contribution in [3.8, 4) is 0 Å². The largest absolute Gasteiger partial charge is 0.417 e. The zero-order chi connectivity index (χ0) is 13.6. The van der Waals surface area contributed by atoms with Crippen LogP contribution in [0.2, 0.25) is 0 Å². The van der Waals surface area contributed by atoms with Crippen molar-refractivity contribution >= 4 is 5.82 Å². The molecule has 1 fully saturated rings. The first-order valence-electron chi connectivity index (χ1n) is 6.19. The molecular formula is C12H14F3N3O. The van der Waals surface area contributed by atoms with Gasteiger partial charge in [0.05, 0.1) is 11.7 Å². The highest BCUT2D eigenvalue weighted by atomic mass is 19.4. The number of aliphatic hydroxyl groups excluding tert-OH is 1. The van der Waals surface area contributed by atoms with Crippen LogP contribution in [-0.4, -0.2) is 35.8 Å². The first-order valence-corrected chi connectivity index (χ1v) is 6.19. The van der Waals surface area contributed by atoms with Crippen molar-refractivity contribution in [1.29, 1.82) is 0 Å². The summed E-state index contributed by atoms with van der Waals surface area (Å²) in [4.78, 5) is 5.92. The second kappa shape index (κ2) is 4.35. The molecule has 0 bridgehead atoms. The first-order chi connectivity index (χ1) is 8.97. The number of alkyl halides is 3. The summed E-state index contributed by atoms with van der Waals surface area (Å²) in [6, 6.07) is 1.12. The molecule has 104 valence electrons. The van der Waals surface area contributed by atoms with Gasteiger partial charge in [0.2, 0.25) is 0 Å². The van der Waals surface area contributed by atoms with Gasteiger partial charge in [-0.25, -0.2) is 4.98 Å². The van der Waals surface area contributed by atoms with Gasteiger partial charge < -0.3 is 15.3 Å². The van der Waals surface area contributed by atoms with Gasteiger partial charge in [0.15, 0.2) is 0 Å². The van der Waals surface area contributed by atoms with E-state index < -0.39 is 17.8 Å². The average Bonchev–Trinajstić information content (AvgIpc) is 2.37. The van der Waals surface area contributed by atoms with Crippen molar-refractivity contribution in [3.05, 3.63) is 23.4 Å². The number of rotatable bonds is 0. The summed E-state index contributed by atoms with van der Waals surface area (Å²) in [5.41, 5.74) is -0.521. The number of aromatic nitrogens is 1. The third-order valence-electron chi connectivity index (χ3n) is 3.70. The number of hydrogen-bond donors (Lipinski definition) is 2. The van der Waals surface area contributed by atoms with Gasteiger partial charge in [0.25, 0.3) is 0 Å². The molecule has 1 saturated heterocycles. The van der Waals surface area contributed by atoms with Crippen LogP contribution in [0.4, 0.5) is 19.0 Å². The molecule has 1 aromatic rings. The van der Waals surface area contributed by atoms with Crippen LogP contribution in [0.25, 0.3) is 0 Å². The molecule has 2 N–H and O–H groups in total. The van der Waals surface area contributed by atoms with Crippen LogP contribution < -0.4 is 10.2 Å². The minimum atomic E-state index is -4.43. The monoisotopic (exact) mass is 273 g/mol. The molecule has 0 radical (unpaired) electrons. The Balaban J connectivity index is 2.02. The zero-order valence-corrected chi connectivity index (χ0v) is 10.1. The molecular weight excluding hydrogens is 259 g/mol. The molecule has 7 heteroatoms. The third-order valence-corrected chi connectivity index (χ3v) is 3.70. The van der Waals surface area contributed by atoms with Crippen molar-refractivity contribution in [3.63, 3.8) is 0 Å². The predicted molar refractivity (Wildman–Crippen MR) is 62.8 cm³/mol. The summed E-state index contributed by atoms with van der Waals surface area (Å²) in [5.74, 6) is 0.484.